The van der Waals surface area contributed by atoms with Crippen LogP contribution in [0.25, 0.3) is 21.9 Å². The van der Waals surface area contributed by atoms with Crippen LogP contribution in [0.15, 0.2) is 68.4 Å². The molecule has 1 saturated heterocycles. The predicted molar refractivity (Wildman–Crippen MR) is 127 cm³/mol. The summed E-state index contributed by atoms with van der Waals surface area (Å²) in [6.07, 6.45) is 2.46. The Hall–Kier alpha value is -3.58. The molecule has 4 aromatic rings. The molecule has 1 aliphatic rings. The predicted octanol–water partition coefficient (Wildman–Crippen LogP) is 4.33. The van der Waals surface area contributed by atoms with Gasteiger partial charge in [0, 0.05) is 60.8 Å². The minimum absolute atomic E-state index is 0.0898. The van der Waals surface area contributed by atoms with Crippen molar-refractivity contribution in [2.75, 3.05) is 44.2 Å². The second-order valence-electron chi connectivity index (χ2n) is 8.35. The summed E-state index contributed by atoms with van der Waals surface area (Å²) in [4.78, 5) is 28.0. The summed E-state index contributed by atoms with van der Waals surface area (Å²) in [5, 5.41) is 1.73. The van der Waals surface area contributed by atoms with Crippen molar-refractivity contribution in [1.29, 1.82) is 0 Å². The number of ether oxygens (including phenoxy) is 1. The van der Waals surface area contributed by atoms with Crippen LogP contribution in [-0.2, 0) is 0 Å². The normalized spacial score (nSPS) is 14.8. The molecule has 0 amide bonds. The minimum Gasteiger partial charge on any atom is -0.486 e. The number of hydrogen-bond acceptors (Lipinski definition) is 7. The van der Waals surface area contributed by atoms with Crippen LogP contribution in [-0.4, -0.2) is 50.0 Å². The molecule has 2 aromatic carbocycles. The highest BCUT2D eigenvalue weighted by molar-refractivity contribution is 6.00. The van der Waals surface area contributed by atoms with Gasteiger partial charge in [-0.2, -0.15) is 0 Å². The molecule has 1 fully saturated rings. The van der Waals surface area contributed by atoms with E-state index in [0.29, 0.717) is 23.5 Å². The van der Waals surface area contributed by atoms with Crippen LogP contribution in [0.1, 0.15) is 23.7 Å². The third-order valence-electron chi connectivity index (χ3n) is 6.16. The number of fused-ring (bicyclic) bond motifs is 2. The van der Waals surface area contributed by atoms with E-state index < -0.39 is 5.63 Å². The average Bonchev–Trinajstić information content (AvgIpc) is 3.30. The van der Waals surface area contributed by atoms with Gasteiger partial charge in [0.05, 0.1) is 12.9 Å². The molecule has 0 bridgehead atoms. The van der Waals surface area contributed by atoms with Crippen molar-refractivity contribution < 1.29 is 18.4 Å². The van der Waals surface area contributed by atoms with Crippen LogP contribution in [0.4, 0.5) is 5.69 Å². The van der Waals surface area contributed by atoms with Crippen molar-refractivity contribution in [3.8, 4) is 5.75 Å². The Balaban J connectivity index is 1.16. The molecule has 3 heterocycles. The smallest absolute Gasteiger partial charge is 0.336 e. The number of anilines is 1. The molecule has 170 valence electrons. The van der Waals surface area contributed by atoms with E-state index in [2.05, 4.69) is 9.80 Å². The first-order valence-corrected chi connectivity index (χ1v) is 11.2. The minimum atomic E-state index is -0.410. The first-order valence-electron chi connectivity index (χ1n) is 11.2. The summed E-state index contributed by atoms with van der Waals surface area (Å²) in [6, 6.07) is 14.8. The van der Waals surface area contributed by atoms with E-state index in [1.165, 1.54) is 6.07 Å². The van der Waals surface area contributed by atoms with Crippen LogP contribution >= 0.6 is 0 Å². The summed E-state index contributed by atoms with van der Waals surface area (Å²) in [7, 11) is 0. The summed E-state index contributed by atoms with van der Waals surface area (Å²) in [6.45, 7) is 6.85. The molecular formula is C26H26N2O5. The molecule has 2 aromatic heterocycles. The highest BCUT2D eigenvalue weighted by Gasteiger charge is 2.18. The third kappa shape index (κ3) is 4.50. The Morgan fingerprint density at radius 3 is 2.48 bits per heavy atom. The lowest BCUT2D eigenvalue weighted by Gasteiger charge is -2.36. The van der Waals surface area contributed by atoms with Crippen LogP contribution in [0, 0.1) is 0 Å². The Morgan fingerprint density at radius 2 is 1.73 bits per heavy atom. The number of ketones is 1. The Bertz CT molecular complexity index is 1330. The molecule has 33 heavy (non-hydrogen) atoms. The molecule has 0 spiro atoms. The number of piperazine rings is 1. The molecule has 0 radical (unpaired) electrons. The Kier molecular flexibility index (Phi) is 5.88. The Morgan fingerprint density at radius 1 is 0.970 bits per heavy atom. The molecule has 7 nitrogen and oxygen atoms in total. The molecule has 7 heteroatoms. The van der Waals surface area contributed by atoms with Crippen LogP contribution in [0.2, 0.25) is 0 Å². The first-order chi connectivity index (χ1) is 16.1. The highest BCUT2D eigenvalue weighted by atomic mass is 16.5. The third-order valence-corrected chi connectivity index (χ3v) is 6.16. The second kappa shape index (κ2) is 9.11. The van der Waals surface area contributed by atoms with Crippen LogP contribution in [0.5, 0.6) is 5.75 Å². The van der Waals surface area contributed by atoms with Gasteiger partial charge in [-0.25, -0.2) is 4.79 Å². The van der Waals surface area contributed by atoms with Gasteiger partial charge in [0.2, 0.25) is 5.75 Å². The fourth-order valence-corrected chi connectivity index (χ4v) is 4.34. The number of rotatable bonds is 7. The fraction of sp³-hybridized carbons (Fsp3) is 0.308. The monoisotopic (exact) mass is 446 g/mol. The lowest BCUT2D eigenvalue weighted by molar-refractivity contribution is 0.101. The number of carbonyl (C=O) groups is 1. The van der Waals surface area contributed by atoms with Gasteiger partial charge in [-0.15, -0.1) is 0 Å². The van der Waals surface area contributed by atoms with Crippen LogP contribution < -0.4 is 15.3 Å². The lowest BCUT2D eigenvalue weighted by atomic mass is 10.1. The molecule has 0 atom stereocenters. The van der Waals surface area contributed by atoms with Gasteiger partial charge in [-0.3, -0.25) is 9.69 Å². The van der Waals surface area contributed by atoms with Crippen molar-refractivity contribution in [2.45, 2.75) is 13.3 Å². The summed E-state index contributed by atoms with van der Waals surface area (Å²) >= 11 is 0. The average molecular weight is 447 g/mol. The Labute approximate surface area is 191 Å². The summed E-state index contributed by atoms with van der Waals surface area (Å²) < 4.78 is 17.1. The zero-order valence-electron chi connectivity index (χ0n) is 18.6. The van der Waals surface area contributed by atoms with E-state index >= 15 is 0 Å². The number of benzene rings is 2. The standard InChI is InChI=1S/C26H26N2O5/c1-18(29)19-3-6-22(7-4-19)28-13-11-27(12-14-28)10-2-15-31-26-24-21(9-16-32-24)17-20-5-8-23(30)33-25(20)26/h3-9,16-17H,2,10-15H2,1H3. The number of Topliss-reactive ketones (excluding diaryl/α,β-unsaturated/α-hetero) is 1. The largest absolute Gasteiger partial charge is 0.486 e. The van der Waals surface area contributed by atoms with Gasteiger partial charge in [0.25, 0.3) is 0 Å². The SMILES string of the molecule is CC(=O)c1ccc(N2CCN(CCCOc3c4occc4cc4ccc(=O)oc34)CC2)cc1. The zero-order chi connectivity index (χ0) is 22.8. The molecule has 0 N–H and O–H groups in total. The fourth-order valence-electron chi connectivity index (χ4n) is 4.34. The summed E-state index contributed by atoms with van der Waals surface area (Å²) in [5.41, 5.74) is 2.51. The number of carbonyl (C=O) groups excluding carboxylic acids is 1. The second-order valence-corrected chi connectivity index (χ2v) is 8.35. The van der Waals surface area contributed by atoms with E-state index in [9.17, 15) is 9.59 Å². The van der Waals surface area contributed by atoms with Crippen molar-refractivity contribution in [1.82, 2.24) is 4.90 Å². The van der Waals surface area contributed by atoms with Crippen molar-refractivity contribution >= 4 is 33.4 Å². The molecule has 0 saturated carbocycles. The van der Waals surface area contributed by atoms with E-state index in [-0.39, 0.29) is 5.78 Å². The lowest BCUT2D eigenvalue weighted by Crippen LogP contribution is -2.46. The van der Waals surface area contributed by atoms with Gasteiger partial charge in [0.1, 0.15) is 0 Å². The van der Waals surface area contributed by atoms with Crippen molar-refractivity contribution in [3.63, 3.8) is 0 Å². The highest BCUT2D eigenvalue weighted by Crippen LogP contribution is 2.35. The summed E-state index contributed by atoms with van der Waals surface area (Å²) in [5.74, 6) is 0.580. The van der Waals surface area contributed by atoms with Crippen molar-refractivity contribution in [2.24, 2.45) is 0 Å². The van der Waals surface area contributed by atoms with Gasteiger partial charge in [-0.05, 0) is 55.8 Å². The number of nitrogens with zero attached hydrogens (tertiary/aromatic N) is 2. The number of hydrogen-bond donors (Lipinski definition) is 0. The molecule has 0 aliphatic carbocycles. The quantitative estimate of drug-likeness (QED) is 0.238. The maximum atomic E-state index is 11.7. The van der Waals surface area contributed by atoms with E-state index in [1.807, 2.05) is 36.4 Å². The number of furan rings is 1. The molecule has 5 rings (SSSR count). The maximum absolute atomic E-state index is 11.7. The van der Waals surface area contributed by atoms with Crippen LogP contribution in [0.3, 0.4) is 0 Å². The molecule has 1 aliphatic heterocycles. The van der Waals surface area contributed by atoms with Gasteiger partial charge >= 0.3 is 5.63 Å². The first kappa shape index (κ1) is 21.3. The molecular weight excluding hydrogens is 420 g/mol. The van der Waals surface area contributed by atoms with E-state index in [0.717, 1.165) is 61.2 Å². The van der Waals surface area contributed by atoms with E-state index in [4.69, 9.17) is 13.6 Å². The van der Waals surface area contributed by atoms with E-state index in [1.54, 1.807) is 19.3 Å². The zero-order valence-corrected chi connectivity index (χ0v) is 18.6. The van der Waals surface area contributed by atoms with Gasteiger partial charge in [-0.1, -0.05) is 0 Å². The van der Waals surface area contributed by atoms with Crippen molar-refractivity contribution in [3.05, 3.63) is 70.8 Å². The molecule has 0 unspecified atom stereocenters. The maximum Gasteiger partial charge on any atom is 0.336 e. The van der Waals surface area contributed by atoms with Gasteiger partial charge < -0.3 is 18.5 Å². The van der Waals surface area contributed by atoms with Gasteiger partial charge in [0.15, 0.2) is 16.9 Å². The topological polar surface area (TPSA) is 76.1 Å².